The lowest BCUT2D eigenvalue weighted by Crippen LogP contribution is -2.24. The Morgan fingerprint density at radius 1 is 0.938 bits per heavy atom. The van der Waals surface area contributed by atoms with Gasteiger partial charge in [-0.1, -0.05) is 0 Å². The molecule has 13 nitrogen and oxygen atoms in total. The van der Waals surface area contributed by atoms with Crippen LogP contribution in [0.2, 0.25) is 0 Å². The predicted octanol–water partition coefficient (Wildman–Crippen LogP) is 4.42. The maximum absolute atomic E-state index is 13.9. The van der Waals surface area contributed by atoms with Gasteiger partial charge in [0.1, 0.15) is 30.6 Å². The number of carbonyl (C=O) groups excluding carboxylic acids is 2. The third-order valence-corrected chi connectivity index (χ3v) is 8.62. The zero-order valence-electron chi connectivity index (χ0n) is 27.1. The smallest absolute Gasteiger partial charge is 0.435 e. The molecule has 16 heteroatoms. The molecule has 0 aliphatic rings. The molecule has 0 aliphatic carbocycles. The van der Waals surface area contributed by atoms with Gasteiger partial charge in [-0.25, -0.2) is 22.0 Å². The number of fused-ring (bicyclic) bond motifs is 1. The van der Waals surface area contributed by atoms with E-state index in [0.717, 1.165) is 16.8 Å². The second-order valence-corrected chi connectivity index (χ2v) is 12.9. The van der Waals surface area contributed by atoms with Crippen LogP contribution in [0, 0.1) is 11.6 Å². The van der Waals surface area contributed by atoms with Gasteiger partial charge in [-0.2, -0.15) is 4.68 Å². The Morgan fingerprint density at radius 3 is 2.33 bits per heavy atom. The van der Waals surface area contributed by atoms with E-state index in [9.17, 15) is 26.8 Å². The van der Waals surface area contributed by atoms with Gasteiger partial charge in [-0.3, -0.25) is 4.79 Å². The second-order valence-electron chi connectivity index (χ2n) is 11.0. The molecule has 0 unspecified atom stereocenters. The van der Waals surface area contributed by atoms with Gasteiger partial charge < -0.3 is 34.5 Å². The first-order valence-corrected chi connectivity index (χ1v) is 16.2. The molecule has 0 spiro atoms. The van der Waals surface area contributed by atoms with E-state index in [1.165, 1.54) is 13.2 Å². The number of nitrogens with one attached hydrogen (secondary N) is 2. The first-order chi connectivity index (χ1) is 22.8. The molecule has 1 aromatic heterocycles. The number of amides is 1. The van der Waals surface area contributed by atoms with Crippen LogP contribution in [-0.2, 0) is 24.0 Å². The molecule has 48 heavy (non-hydrogen) atoms. The van der Waals surface area contributed by atoms with Crippen LogP contribution in [0.1, 0.15) is 17.3 Å². The highest BCUT2D eigenvalue weighted by Crippen LogP contribution is 2.31. The van der Waals surface area contributed by atoms with E-state index in [1.54, 1.807) is 25.3 Å². The molecule has 3 aromatic carbocycles. The van der Waals surface area contributed by atoms with Crippen LogP contribution < -0.4 is 15.4 Å². The fourth-order valence-electron chi connectivity index (χ4n) is 4.60. The van der Waals surface area contributed by atoms with Gasteiger partial charge >= 0.3 is 6.09 Å². The van der Waals surface area contributed by atoms with E-state index >= 15 is 0 Å². The predicted molar refractivity (Wildman–Crippen MR) is 174 cm³/mol. The number of aromatic nitrogens is 2. The molecule has 1 heterocycles. The van der Waals surface area contributed by atoms with Crippen molar-refractivity contribution in [3.63, 3.8) is 0 Å². The van der Waals surface area contributed by atoms with Gasteiger partial charge in [0.15, 0.2) is 5.82 Å². The van der Waals surface area contributed by atoms with Crippen molar-refractivity contribution in [1.29, 1.82) is 0 Å². The number of hydrogen-bond acceptors (Lipinski definition) is 11. The third kappa shape index (κ3) is 8.83. The number of likely N-dealkylation sites (N-methyl/N-ethyl adjacent to an activating group) is 1. The lowest BCUT2D eigenvalue weighted by Gasteiger charge is -2.19. The number of hydrogen-bond donors (Lipinski definition) is 2. The van der Waals surface area contributed by atoms with E-state index in [0.29, 0.717) is 49.4 Å². The van der Waals surface area contributed by atoms with E-state index in [2.05, 4.69) is 15.7 Å². The molecule has 1 amide bonds. The average molecular weight is 690 g/mol. The summed E-state index contributed by atoms with van der Waals surface area (Å²) in [7, 11) is 2.37. The summed E-state index contributed by atoms with van der Waals surface area (Å²) in [6.07, 6.45) is -0.921. The lowest BCUT2D eigenvalue weighted by molar-refractivity contribution is 0.0980. The number of carbonyl (C=O) groups is 2. The maximum atomic E-state index is 13.9. The van der Waals surface area contributed by atoms with Gasteiger partial charge in [0.2, 0.25) is 9.84 Å². The molecule has 1 atom stereocenters. The summed E-state index contributed by atoms with van der Waals surface area (Å²) in [6, 6.07) is 10.2. The summed E-state index contributed by atoms with van der Waals surface area (Å²) in [5.41, 5.74) is 0.689. The Bertz CT molecular complexity index is 1860. The van der Waals surface area contributed by atoms with Crippen molar-refractivity contribution in [1.82, 2.24) is 14.7 Å². The first kappa shape index (κ1) is 36.2. The molecule has 4 aromatic rings. The highest BCUT2D eigenvalue weighted by Gasteiger charge is 2.25. The number of ether oxygens (including phenoxy) is 4. The largest absolute Gasteiger partial charge is 0.492 e. The number of halogens is 2. The van der Waals surface area contributed by atoms with Crippen LogP contribution in [0.3, 0.4) is 0 Å². The topological polar surface area (TPSA) is 150 Å². The number of sulfone groups is 1. The van der Waals surface area contributed by atoms with Gasteiger partial charge in [0.05, 0.1) is 39.8 Å². The Labute approximate surface area is 276 Å². The van der Waals surface area contributed by atoms with Crippen LogP contribution >= 0.6 is 0 Å². The zero-order valence-corrected chi connectivity index (χ0v) is 27.9. The monoisotopic (exact) mass is 689 g/mol. The molecule has 0 saturated heterocycles. The Hall–Kier alpha value is -4.64. The zero-order chi connectivity index (χ0) is 35.0. The summed E-state index contributed by atoms with van der Waals surface area (Å²) >= 11 is 0. The fraction of sp³-hybridized carbons (Fsp3) is 0.344. The molecule has 0 radical (unpaired) electrons. The number of benzene rings is 3. The molecular formula is C32H37F2N5O8S. The molecule has 2 N–H and O–H groups in total. The van der Waals surface area contributed by atoms with Crippen LogP contribution in [0.25, 0.3) is 10.9 Å². The van der Waals surface area contributed by atoms with Crippen molar-refractivity contribution < 1.29 is 45.7 Å². The van der Waals surface area contributed by atoms with Crippen LogP contribution in [0.15, 0.2) is 64.4 Å². The van der Waals surface area contributed by atoms with E-state index in [1.807, 2.05) is 25.9 Å². The van der Waals surface area contributed by atoms with Crippen molar-refractivity contribution in [3.05, 3.63) is 71.8 Å². The van der Waals surface area contributed by atoms with E-state index < -0.39 is 38.4 Å². The highest BCUT2D eigenvalue weighted by atomic mass is 32.2. The van der Waals surface area contributed by atoms with Crippen LogP contribution in [0.5, 0.6) is 5.75 Å². The quantitative estimate of drug-likeness (QED) is 0.171. The van der Waals surface area contributed by atoms with Gasteiger partial charge in [0.25, 0.3) is 5.91 Å². The van der Waals surface area contributed by atoms with Crippen molar-refractivity contribution in [2.45, 2.75) is 22.8 Å². The van der Waals surface area contributed by atoms with Crippen molar-refractivity contribution >= 4 is 44.2 Å². The summed E-state index contributed by atoms with van der Waals surface area (Å²) in [6.45, 7) is 3.27. The van der Waals surface area contributed by atoms with Crippen LogP contribution in [-0.4, -0.2) is 102 Å². The van der Waals surface area contributed by atoms with Crippen molar-refractivity contribution in [2.24, 2.45) is 0 Å². The van der Waals surface area contributed by atoms with Crippen molar-refractivity contribution in [3.8, 4) is 5.75 Å². The SMILES string of the molecule is COCCOC(=O)n1nc(NC(=O)c2ccc(OCCN(C)C)cc2N[C@@H](C)COC)c2cc(S(=O)(=O)c3cc(F)cc(F)c3)ccc21. The molecule has 0 fully saturated rings. The maximum Gasteiger partial charge on any atom is 0.435 e. The Balaban J connectivity index is 1.76. The molecule has 258 valence electrons. The average Bonchev–Trinajstić information content (AvgIpc) is 3.38. The van der Waals surface area contributed by atoms with Crippen LogP contribution in [0.4, 0.5) is 25.1 Å². The fourth-order valence-corrected chi connectivity index (χ4v) is 5.93. The molecule has 0 aliphatic heterocycles. The minimum absolute atomic E-state index is 0.0379. The van der Waals surface area contributed by atoms with Crippen molar-refractivity contribution in [2.75, 3.05) is 71.9 Å². The molecule has 0 bridgehead atoms. The molecule has 4 rings (SSSR count). The van der Waals surface area contributed by atoms with Gasteiger partial charge in [-0.15, -0.1) is 5.10 Å². The van der Waals surface area contributed by atoms with E-state index in [4.69, 9.17) is 18.9 Å². The summed E-state index contributed by atoms with van der Waals surface area (Å²) in [5.74, 6) is -2.47. The summed E-state index contributed by atoms with van der Waals surface area (Å²) in [5, 5.41) is 10.2. The molecule has 0 saturated carbocycles. The second kappa shape index (κ2) is 16.0. The lowest BCUT2D eigenvalue weighted by atomic mass is 10.1. The standard InChI is InChI=1S/C32H37F2N5O8S/c1-20(19-45-5)35-28-17-23(46-11-10-38(2)3)6-8-26(28)31(40)36-30-27-18-24(48(42,43)25-15-21(33)14-22(34)16-25)7-9-29(27)39(37-30)32(41)47-13-12-44-4/h6-9,14-18,20,35H,10-13,19H2,1-5H3,(H,36,37,40)/t20-/m0/s1. The van der Waals surface area contributed by atoms with Gasteiger partial charge in [-0.05, 0) is 63.5 Å². The number of rotatable bonds is 15. The third-order valence-electron chi connectivity index (χ3n) is 6.89. The molecular weight excluding hydrogens is 652 g/mol. The summed E-state index contributed by atoms with van der Waals surface area (Å²) in [4.78, 5) is 27.7. The van der Waals surface area contributed by atoms with E-state index in [-0.39, 0.29) is 46.4 Å². The minimum atomic E-state index is -4.45. The first-order valence-electron chi connectivity index (χ1n) is 14.7. The highest BCUT2D eigenvalue weighted by molar-refractivity contribution is 7.91. The number of nitrogens with zero attached hydrogens (tertiary/aromatic N) is 3. The summed E-state index contributed by atoms with van der Waals surface area (Å²) < 4.78 is 76.8. The normalized spacial score (nSPS) is 12.2. The number of methoxy groups -OCH3 is 2. The van der Waals surface area contributed by atoms with Gasteiger partial charge in [0, 0.05) is 44.3 Å². The number of anilines is 2. The minimum Gasteiger partial charge on any atom is -0.492 e. The Morgan fingerprint density at radius 2 is 1.67 bits per heavy atom. The Kier molecular flexibility index (Phi) is 12.0.